The first-order valence-corrected chi connectivity index (χ1v) is 7.78. The number of amides is 2. The lowest BCUT2D eigenvalue weighted by Gasteiger charge is -2.23. The molecule has 1 rings (SSSR count). The smallest absolute Gasteiger partial charge is 0.342 e. The van der Waals surface area contributed by atoms with E-state index in [0.29, 0.717) is 13.1 Å². The van der Waals surface area contributed by atoms with Gasteiger partial charge in [-0.1, -0.05) is 6.07 Å². The standard InChI is InChI=1S/C17H24N2O5/c1-5-19(6-2)15(21)10-18(4)16(22)11-24-17(23)13-8-7-12(3)9-14(13)20/h7-9,20H,5-6,10-11H2,1-4H3. The fraction of sp³-hybridized carbons (Fsp3) is 0.471. The average molecular weight is 336 g/mol. The van der Waals surface area contributed by atoms with Crippen LogP contribution in [0.1, 0.15) is 29.8 Å². The van der Waals surface area contributed by atoms with Gasteiger partial charge in [-0.25, -0.2) is 4.79 Å². The molecule has 0 aliphatic rings. The Labute approximate surface area is 141 Å². The fourth-order valence-corrected chi connectivity index (χ4v) is 2.10. The maximum Gasteiger partial charge on any atom is 0.342 e. The Morgan fingerprint density at radius 2 is 1.75 bits per heavy atom. The second-order valence-corrected chi connectivity index (χ2v) is 5.41. The summed E-state index contributed by atoms with van der Waals surface area (Å²) in [5, 5.41) is 9.72. The van der Waals surface area contributed by atoms with E-state index in [9.17, 15) is 19.5 Å². The van der Waals surface area contributed by atoms with Crippen LogP contribution in [-0.2, 0) is 14.3 Å². The summed E-state index contributed by atoms with van der Waals surface area (Å²) in [6.45, 7) is 6.07. The van der Waals surface area contributed by atoms with E-state index in [0.717, 1.165) is 5.56 Å². The van der Waals surface area contributed by atoms with E-state index in [-0.39, 0.29) is 23.8 Å². The molecule has 0 aliphatic carbocycles. The zero-order valence-corrected chi connectivity index (χ0v) is 14.5. The van der Waals surface area contributed by atoms with Crippen LogP contribution in [0.15, 0.2) is 18.2 Å². The molecule has 0 aliphatic heterocycles. The van der Waals surface area contributed by atoms with Crippen molar-refractivity contribution in [1.82, 2.24) is 9.80 Å². The Hall–Kier alpha value is -2.57. The highest BCUT2D eigenvalue weighted by atomic mass is 16.5. The van der Waals surface area contributed by atoms with Crippen molar-refractivity contribution < 1.29 is 24.2 Å². The summed E-state index contributed by atoms with van der Waals surface area (Å²) < 4.78 is 4.91. The van der Waals surface area contributed by atoms with Gasteiger partial charge in [-0.15, -0.1) is 0 Å². The van der Waals surface area contributed by atoms with Crippen molar-refractivity contribution in [2.75, 3.05) is 33.3 Å². The molecule has 2 amide bonds. The third-order valence-electron chi connectivity index (χ3n) is 3.61. The molecule has 1 aromatic carbocycles. The predicted octanol–water partition coefficient (Wildman–Crippen LogP) is 1.18. The van der Waals surface area contributed by atoms with Crippen LogP contribution in [0.5, 0.6) is 5.75 Å². The number of hydrogen-bond acceptors (Lipinski definition) is 5. The SMILES string of the molecule is CCN(CC)C(=O)CN(C)C(=O)COC(=O)c1ccc(C)cc1O. The number of carbonyl (C=O) groups excluding carboxylic acids is 3. The number of esters is 1. The van der Waals surface area contributed by atoms with Crippen molar-refractivity contribution in [2.45, 2.75) is 20.8 Å². The van der Waals surface area contributed by atoms with Gasteiger partial charge in [0.05, 0.1) is 6.54 Å². The third-order valence-corrected chi connectivity index (χ3v) is 3.61. The summed E-state index contributed by atoms with van der Waals surface area (Å²) in [6, 6.07) is 4.53. The normalized spacial score (nSPS) is 10.2. The minimum absolute atomic E-state index is 0.00438. The lowest BCUT2D eigenvalue weighted by atomic mass is 10.1. The maximum absolute atomic E-state index is 12.0. The van der Waals surface area contributed by atoms with E-state index in [1.807, 2.05) is 13.8 Å². The van der Waals surface area contributed by atoms with E-state index in [4.69, 9.17) is 4.74 Å². The van der Waals surface area contributed by atoms with Gasteiger partial charge >= 0.3 is 5.97 Å². The Balaban J connectivity index is 2.55. The molecule has 0 bridgehead atoms. The van der Waals surface area contributed by atoms with Crippen LogP contribution in [0.4, 0.5) is 0 Å². The Morgan fingerprint density at radius 1 is 1.12 bits per heavy atom. The molecule has 0 fully saturated rings. The number of hydrogen-bond donors (Lipinski definition) is 1. The molecule has 1 aromatic rings. The summed E-state index contributed by atoms with van der Waals surface area (Å²) in [6.07, 6.45) is 0. The number of likely N-dealkylation sites (N-methyl/N-ethyl adjacent to an activating group) is 2. The van der Waals surface area contributed by atoms with Crippen LogP contribution >= 0.6 is 0 Å². The zero-order valence-electron chi connectivity index (χ0n) is 14.5. The van der Waals surface area contributed by atoms with Gasteiger partial charge in [-0.3, -0.25) is 9.59 Å². The van der Waals surface area contributed by atoms with Crippen LogP contribution in [0, 0.1) is 6.92 Å². The summed E-state index contributed by atoms with van der Waals surface area (Å²) in [5.74, 6) is -1.64. The minimum atomic E-state index is -0.788. The van der Waals surface area contributed by atoms with E-state index in [1.54, 1.807) is 17.9 Å². The van der Waals surface area contributed by atoms with Crippen molar-refractivity contribution in [3.63, 3.8) is 0 Å². The van der Waals surface area contributed by atoms with E-state index in [1.165, 1.54) is 24.1 Å². The first-order valence-electron chi connectivity index (χ1n) is 7.78. The van der Waals surface area contributed by atoms with Gasteiger partial charge in [0, 0.05) is 20.1 Å². The minimum Gasteiger partial charge on any atom is -0.507 e. The summed E-state index contributed by atoms with van der Waals surface area (Å²) in [5.41, 5.74) is 0.796. The lowest BCUT2D eigenvalue weighted by molar-refractivity contribution is -0.140. The van der Waals surface area contributed by atoms with Gasteiger partial charge in [-0.05, 0) is 38.5 Å². The first-order chi connectivity index (χ1) is 11.3. The zero-order chi connectivity index (χ0) is 18.3. The number of aryl methyl sites for hydroxylation is 1. The number of phenols is 1. The van der Waals surface area contributed by atoms with Gasteiger partial charge in [0.2, 0.25) is 5.91 Å². The number of carbonyl (C=O) groups is 3. The van der Waals surface area contributed by atoms with Crippen molar-refractivity contribution in [3.05, 3.63) is 29.3 Å². The van der Waals surface area contributed by atoms with Gasteiger partial charge in [0.15, 0.2) is 6.61 Å². The number of phenolic OH excluding ortho intramolecular Hbond substituents is 1. The van der Waals surface area contributed by atoms with Crippen LogP contribution in [0.3, 0.4) is 0 Å². The number of benzene rings is 1. The molecule has 7 heteroatoms. The fourth-order valence-electron chi connectivity index (χ4n) is 2.10. The van der Waals surface area contributed by atoms with Crippen molar-refractivity contribution in [1.29, 1.82) is 0 Å². The highest BCUT2D eigenvalue weighted by Gasteiger charge is 2.19. The highest BCUT2D eigenvalue weighted by molar-refractivity contribution is 5.94. The molecular weight excluding hydrogens is 312 g/mol. The van der Waals surface area contributed by atoms with Gasteiger partial charge in [0.1, 0.15) is 11.3 Å². The Morgan fingerprint density at radius 3 is 2.29 bits per heavy atom. The van der Waals surface area contributed by atoms with Gasteiger partial charge in [0.25, 0.3) is 5.91 Å². The first kappa shape index (κ1) is 19.5. The monoisotopic (exact) mass is 336 g/mol. The molecular formula is C17H24N2O5. The predicted molar refractivity (Wildman–Crippen MR) is 88.7 cm³/mol. The highest BCUT2D eigenvalue weighted by Crippen LogP contribution is 2.19. The van der Waals surface area contributed by atoms with E-state index < -0.39 is 18.5 Å². The van der Waals surface area contributed by atoms with E-state index in [2.05, 4.69) is 0 Å². The molecule has 24 heavy (non-hydrogen) atoms. The molecule has 0 unspecified atom stereocenters. The van der Waals surface area contributed by atoms with Crippen LogP contribution in [0.25, 0.3) is 0 Å². The molecule has 0 saturated carbocycles. The molecule has 132 valence electrons. The van der Waals surface area contributed by atoms with Crippen molar-refractivity contribution in [2.24, 2.45) is 0 Å². The van der Waals surface area contributed by atoms with Gasteiger partial charge in [-0.2, -0.15) is 0 Å². The molecule has 0 heterocycles. The summed E-state index contributed by atoms with van der Waals surface area (Å²) >= 11 is 0. The average Bonchev–Trinajstić information content (AvgIpc) is 2.53. The van der Waals surface area contributed by atoms with Crippen LogP contribution in [0.2, 0.25) is 0 Å². The van der Waals surface area contributed by atoms with E-state index >= 15 is 0 Å². The number of ether oxygens (including phenoxy) is 1. The second kappa shape index (κ2) is 8.90. The van der Waals surface area contributed by atoms with Gasteiger partial charge < -0.3 is 19.6 Å². The lowest BCUT2D eigenvalue weighted by Crippen LogP contribution is -2.42. The van der Waals surface area contributed by atoms with Crippen molar-refractivity contribution >= 4 is 17.8 Å². The summed E-state index contributed by atoms with van der Waals surface area (Å²) in [7, 11) is 1.47. The van der Waals surface area contributed by atoms with Crippen LogP contribution < -0.4 is 0 Å². The second-order valence-electron chi connectivity index (χ2n) is 5.41. The molecule has 0 atom stereocenters. The largest absolute Gasteiger partial charge is 0.507 e. The molecule has 1 N–H and O–H groups in total. The van der Waals surface area contributed by atoms with Crippen molar-refractivity contribution in [3.8, 4) is 5.75 Å². The summed E-state index contributed by atoms with van der Waals surface area (Å²) in [4.78, 5) is 38.6. The molecule has 0 radical (unpaired) electrons. The quantitative estimate of drug-likeness (QED) is 0.756. The molecule has 7 nitrogen and oxygen atoms in total. The Kier molecular flexibility index (Phi) is 7.23. The molecule has 0 spiro atoms. The topological polar surface area (TPSA) is 87.2 Å². The number of nitrogens with zero attached hydrogens (tertiary/aromatic N) is 2. The number of rotatable bonds is 7. The molecule has 0 saturated heterocycles. The third kappa shape index (κ3) is 5.26. The van der Waals surface area contributed by atoms with Crippen LogP contribution in [-0.4, -0.2) is 66.0 Å². The number of aromatic hydroxyl groups is 1. The Bertz CT molecular complexity index is 611. The maximum atomic E-state index is 12.0. The molecule has 0 aromatic heterocycles.